The molecule has 0 saturated heterocycles. The number of aryl methyl sites for hydroxylation is 2. The first-order valence-corrected chi connectivity index (χ1v) is 8.62. The van der Waals surface area contributed by atoms with Gasteiger partial charge >= 0.3 is 0 Å². The average Bonchev–Trinajstić information content (AvgIpc) is 3.35. The Morgan fingerprint density at radius 3 is 2.14 bits per heavy atom. The second-order valence-electron chi connectivity index (χ2n) is 7.29. The highest BCUT2D eigenvalue weighted by molar-refractivity contribution is 5.31. The van der Waals surface area contributed by atoms with Crippen LogP contribution in [0.1, 0.15) is 48.4 Å². The molecule has 2 heteroatoms. The fourth-order valence-electron chi connectivity index (χ4n) is 3.16. The van der Waals surface area contributed by atoms with Crippen molar-refractivity contribution in [1.29, 1.82) is 0 Å². The van der Waals surface area contributed by atoms with Crippen molar-refractivity contribution in [2.24, 2.45) is 11.8 Å². The Morgan fingerprint density at radius 1 is 1.05 bits per heavy atom. The van der Waals surface area contributed by atoms with Crippen LogP contribution in [0.4, 0.5) is 0 Å². The minimum absolute atomic E-state index is 0.460. The average molecular weight is 286 g/mol. The zero-order valence-corrected chi connectivity index (χ0v) is 13.9. The second-order valence-corrected chi connectivity index (χ2v) is 7.29. The maximum Gasteiger partial charge on any atom is 0.0446 e. The van der Waals surface area contributed by atoms with Crippen LogP contribution in [0.15, 0.2) is 18.2 Å². The van der Waals surface area contributed by atoms with Crippen molar-refractivity contribution in [1.82, 2.24) is 10.2 Å². The number of hydrogen-bond donors (Lipinski definition) is 1. The summed E-state index contributed by atoms with van der Waals surface area (Å²) < 4.78 is 0. The van der Waals surface area contributed by atoms with Crippen molar-refractivity contribution in [3.63, 3.8) is 0 Å². The minimum atomic E-state index is 0.460. The van der Waals surface area contributed by atoms with E-state index in [4.69, 9.17) is 0 Å². The molecule has 1 aromatic carbocycles. The summed E-state index contributed by atoms with van der Waals surface area (Å²) in [6.45, 7) is 8.21. The van der Waals surface area contributed by atoms with E-state index in [1.54, 1.807) is 0 Å². The van der Waals surface area contributed by atoms with Gasteiger partial charge in [0, 0.05) is 25.7 Å². The lowest BCUT2D eigenvalue weighted by molar-refractivity contribution is 0.228. The molecule has 0 radical (unpaired) electrons. The SMILES string of the molecule is CNC(CN(CC1CC1)CC1CC1)c1ccc(C)c(C)c1. The third-order valence-corrected chi connectivity index (χ3v) is 5.15. The molecule has 1 aromatic rings. The lowest BCUT2D eigenvalue weighted by Gasteiger charge is -2.28. The summed E-state index contributed by atoms with van der Waals surface area (Å²) in [4.78, 5) is 2.73. The molecule has 2 aliphatic carbocycles. The van der Waals surface area contributed by atoms with Crippen LogP contribution >= 0.6 is 0 Å². The van der Waals surface area contributed by atoms with E-state index in [-0.39, 0.29) is 0 Å². The summed E-state index contributed by atoms with van der Waals surface area (Å²) in [5.74, 6) is 1.97. The summed E-state index contributed by atoms with van der Waals surface area (Å²) in [5.41, 5.74) is 4.24. The third kappa shape index (κ3) is 4.31. The van der Waals surface area contributed by atoms with Gasteiger partial charge in [0.1, 0.15) is 0 Å². The largest absolute Gasteiger partial charge is 0.312 e. The van der Waals surface area contributed by atoms with Crippen molar-refractivity contribution >= 4 is 0 Å². The van der Waals surface area contributed by atoms with Gasteiger partial charge in [0.2, 0.25) is 0 Å². The van der Waals surface area contributed by atoms with Crippen LogP contribution in [-0.4, -0.2) is 31.6 Å². The molecule has 2 aliphatic rings. The summed E-state index contributed by atoms with van der Waals surface area (Å²) in [6, 6.07) is 7.39. The quantitative estimate of drug-likeness (QED) is 0.784. The van der Waals surface area contributed by atoms with Crippen molar-refractivity contribution in [2.75, 3.05) is 26.7 Å². The number of benzene rings is 1. The highest BCUT2D eigenvalue weighted by atomic mass is 15.2. The normalized spacial score (nSPS) is 20.0. The van der Waals surface area contributed by atoms with E-state index < -0.39 is 0 Å². The zero-order chi connectivity index (χ0) is 14.8. The van der Waals surface area contributed by atoms with Crippen LogP contribution in [-0.2, 0) is 0 Å². The van der Waals surface area contributed by atoms with Crippen LogP contribution in [0.5, 0.6) is 0 Å². The molecule has 0 aliphatic heterocycles. The first-order chi connectivity index (χ1) is 10.2. The monoisotopic (exact) mass is 286 g/mol. The topological polar surface area (TPSA) is 15.3 Å². The number of nitrogens with one attached hydrogen (secondary N) is 1. The van der Waals surface area contributed by atoms with E-state index in [0.717, 1.165) is 18.4 Å². The van der Waals surface area contributed by atoms with Crippen molar-refractivity contribution in [3.8, 4) is 0 Å². The van der Waals surface area contributed by atoms with Gasteiger partial charge in [-0.3, -0.25) is 0 Å². The number of rotatable bonds is 8. The fourth-order valence-corrected chi connectivity index (χ4v) is 3.16. The molecule has 1 unspecified atom stereocenters. The molecule has 1 N–H and O–H groups in total. The number of likely N-dealkylation sites (N-methyl/N-ethyl adjacent to an activating group) is 1. The van der Waals surface area contributed by atoms with Gasteiger partial charge in [-0.05, 0) is 75.1 Å². The summed E-state index contributed by atoms with van der Waals surface area (Å²) in [6.07, 6.45) is 5.81. The fraction of sp³-hybridized carbons (Fsp3) is 0.684. The molecular formula is C19H30N2. The predicted molar refractivity (Wildman–Crippen MR) is 89.6 cm³/mol. The highest BCUT2D eigenvalue weighted by Gasteiger charge is 2.30. The number of hydrogen-bond acceptors (Lipinski definition) is 2. The van der Waals surface area contributed by atoms with Gasteiger partial charge in [0.25, 0.3) is 0 Å². The van der Waals surface area contributed by atoms with E-state index >= 15 is 0 Å². The van der Waals surface area contributed by atoms with Gasteiger partial charge in [-0.1, -0.05) is 18.2 Å². The molecule has 0 bridgehead atoms. The Labute approximate surface area is 129 Å². The molecule has 2 nitrogen and oxygen atoms in total. The van der Waals surface area contributed by atoms with Crippen LogP contribution in [0.25, 0.3) is 0 Å². The van der Waals surface area contributed by atoms with Crippen LogP contribution in [0.2, 0.25) is 0 Å². The van der Waals surface area contributed by atoms with Crippen LogP contribution in [0.3, 0.4) is 0 Å². The Balaban J connectivity index is 1.66. The van der Waals surface area contributed by atoms with Crippen molar-refractivity contribution < 1.29 is 0 Å². The molecule has 0 heterocycles. The summed E-state index contributed by atoms with van der Waals surface area (Å²) in [5, 5.41) is 3.54. The smallest absolute Gasteiger partial charge is 0.0446 e. The van der Waals surface area contributed by atoms with Gasteiger partial charge in [0.05, 0.1) is 0 Å². The Hall–Kier alpha value is -0.860. The molecule has 2 saturated carbocycles. The summed E-state index contributed by atoms with van der Waals surface area (Å²) >= 11 is 0. The Morgan fingerprint density at radius 2 is 1.67 bits per heavy atom. The van der Waals surface area contributed by atoms with Gasteiger partial charge in [-0.2, -0.15) is 0 Å². The summed E-state index contributed by atoms with van der Waals surface area (Å²) in [7, 11) is 2.10. The van der Waals surface area contributed by atoms with Crippen LogP contribution < -0.4 is 5.32 Å². The molecule has 1 atom stereocenters. The highest BCUT2D eigenvalue weighted by Crippen LogP contribution is 2.34. The molecule has 2 fully saturated rings. The molecule has 116 valence electrons. The molecular weight excluding hydrogens is 256 g/mol. The lowest BCUT2D eigenvalue weighted by atomic mass is 10.0. The maximum absolute atomic E-state index is 3.54. The molecule has 21 heavy (non-hydrogen) atoms. The van der Waals surface area contributed by atoms with Gasteiger partial charge in [0.15, 0.2) is 0 Å². The molecule has 3 rings (SSSR count). The van der Waals surface area contributed by atoms with E-state index in [2.05, 4.69) is 49.3 Å². The third-order valence-electron chi connectivity index (χ3n) is 5.15. The van der Waals surface area contributed by atoms with E-state index in [0.29, 0.717) is 6.04 Å². The zero-order valence-electron chi connectivity index (χ0n) is 13.9. The van der Waals surface area contributed by atoms with Gasteiger partial charge in [-0.25, -0.2) is 0 Å². The Kier molecular flexibility index (Phi) is 4.66. The molecule has 0 amide bonds. The standard InChI is InChI=1S/C19H30N2/c1-14-4-9-18(10-15(14)2)19(20-3)13-21(11-16-5-6-16)12-17-7-8-17/h4,9-10,16-17,19-20H,5-8,11-13H2,1-3H3. The van der Waals surface area contributed by atoms with E-state index in [1.165, 1.54) is 55.5 Å². The minimum Gasteiger partial charge on any atom is -0.312 e. The van der Waals surface area contributed by atoms with Crippen molar-refractivity contribution in [2.45, 2.75) is 45.6 Å². The van der Waals surface area contributed by atoms with E-state index in [9.17, 15) is 0 Å². The first kappa shape index (κ1) is 15.1. The van der Waals surface area contributed by atoms with Gasteiger partial charge < -0.3 is 10.2 Å². The predicted octanol–water partition coefficient (Wildman–Crippen LogP) is 3.69. The molecule has 0 spiro atoms. The molecule has 0 aromatic heterocycles. The maximum atomic E-state index is 3.54. The second kappa shape index (κ2) is 6.50. The lowest BCUT2D eigenvalue weighted by Crippen LogP contribution is -2.36. The first-order valence-electron chi connectivity index (χ1n) is 8.62. The van der Waals surface area contributed by atoms with E-state index in [1.807, 2.05) is 0 Å². The van der Waals surface area contributed by atoms with Crippen molar-refractivity contribution in [3.05, 3.63) is 34.9 Å². The van der Waals surface area contributed by atoms with Crippen LogP contribution in [0, 0.1) is 25.7 Å². The van der Waals surface area contributed by atoms with Gasteiger partial charge in [-0.15, -0.1) is 0 Å². The number of nitrogens with zero attached hydrogens (tertiary/aromatic N) is 1. The Bertz CT molecular complexity index is 460.